The van der Waals surface area contributed by atoms with E-state index in [9.17, 15) is 4.79 Å². The van der Waals surface area contributed by atoms with Gasteiger partial charge >= 0.3 is 27.0 Å². The number of rotatable bonds is 3. The zero-order valence-corrected chi connectivity index (χ0v) is 16.5. The number of esters is 1. The smallest absolute Gasteiger partial charge is 0.806 e. The second-order valence-electron chi connectivity index (χ2n) is 3.92. The minimum Gasteiger partial charge on any atom is -0.806 e. The number of carbonyl (C=O) groups is 1. The summed E-state index contributed by atoms with van der Waals surface area (Å²) in [5.74, 6) is -0.741. The molecule has 5 nitrogen and oxygen atoms in total. The van der Waals surface area contributed by atoms with Crippen molar-refractivity contribution in [3.05, 3.63) is 58.6 Å². The molecule has 0 saturated carbocycles. The van der Waals surface area contributed by atoms with Crippen LogP contribution in [0.4, 0.5) is 0 Å². The van der Waals surface area contributed by atoms with Gasteiger partial charge in [-0.2, -0.15) is 5.26 Å². The van der Waals surface area contributed by atoms with Crippen LogP contribution in [0.5, 0.6) is 0 Å². The summed E-state index contributed by atoms with van der Waals surface area (Å²) in [6, 6.07) is 13.2. The molecular formula is C16H13N3O2PtS2. The summed E-state index contributed by atoms with van der Waals surface area (Å²) >= 11 is 8.92. The van der Waals surface area contributed by atoms with E-state index < -0.39 is 5.97 Å². The van der Waals surface area contributed by atoms with Gasteiger partial charge in [0, 0.05) is 12.4 Å². The molecule has 0 amide bonds. The predicted molar refractivity (Wildman–Crippen MR) is 91.5 cm³/mol. The van der Waals surface area contributed by atoms with Gasteiger partial charge in [-0.1, -0.05) is 12.1 Å². The Morgan fingerprint density at radius 1 is 1.12 bits per heavy atom. The average Bonchev–Trinajstić information content (AvgIpc) is 2.58. The van der Waals surface area contributed by atoms with Gasteiger partial charge in [0.05, 0.1) is 23.6 Å². The summed E-state index contributed by atoms with van der Waals surface area (Å²) in [6.07, 6.45) is 3.54. The monoisotopic (exact) mass is 538 g/mol. The molecule has 8 heteroatoms. The number of hydrogen-bond acceptors (Lipinski definition) is 7. The first-order valence-electron chi connectivity index (χ1n) is 6.58. The minimum atomic E-state index is -0.741. The first-order valence-corrected chi connectivity index (χ1v) is 7.39. The molecule has 0 unspecified atom stereocenters. The van der Waals surface area contributed by atoms with Crippen LogP contribution in [0.25, 0.3) is 11.4 Å². The third-order valence-electron chi connectivity index (χ3n) is 2.39. The maximum absolute atomic E-state index is 10.8. The maximum atomic E-state index is 10.8. The number of nitriles is 1. The largest absolute Gasteiger partial charge is 2.00 e. The molecule has 2 rings (SSSR count). The van der Waals surface area contributed by atoms with Gasteiger partial charge in [0.15, 0.2) is 0 Å². The van der Waals surface area contributed by atoms with Crippen molar-refractivity contribution in [2.75, 3.05) is 6.61 Å². The number of pyridine rings is 2. The molecular weight excluding hydrogens is 525 g/mol. The summed E-state index contributed by atoms with van der Waals surface area (Å²) in [4.78, 5) is 19.2. The van der Waals surface area contributed by atoms with Gasteiger partial charge in [0.25, 0.3) is 0 Å². The van der Waals surface area contributed by atoms with E-state index >= 15 is 0 Å². The standard InChI is InChI=1S/C10H8N2.C6H7NO2S2.Pt/c1-3-7-11-9(5-1)10-6-2-4-8-12-10;1-2-9-5(8)4(3-7)6(10)11;/h1-8H;10-11H,2H2,1H3;/q;;+2/p-2. The molecule has 0 radical (unpaired) electrons. The van der Waals surface area contributed by atoms with Crippen molar-refractivity contribution in [2.45, 2.75) is 6.92 Å². The normalized spacial score (nSPS) is 8.50. The molecule has 0 aliphatic rings. The van der Waals surface area contributed by atoms with Crippen molar-refractivity contribution in [1.29, 1.82) is 5.26 Å². The van der Waals surface area contributed by atoms with Crippen molar-refractivity contribution in [2.24, 2.45) is 0 Å². The van der Waals surface area contributed by atoms with Crippen LogP contribution in [-0.2, 0) is 55.9 Å². The molecule has 0 saturated heterocycles. The second-order valence-corrected chi connectivity index (χ2v) is 5.00. The Hall–Kier alpha value is -1.87. The van der Waals surface area contributed by atoms with E-state index in [4.69, 9.17) is 5.26 Å². The van der Waals surface area contributed by atoms with E-state index in [1.54, 1.807) is 25.4 Å². The Morgan fingerprint density at radius 2 is 1.62 bits per heavy atom. The van der Waals surface area contributed by atoms with E-state index in [1.807, 2.05) is 36.4 Å². The van der Waals surface area contributed by atoms with Crippen LogP contribution in [0, 0.1) is 11.3 Å². The van der Waals surface area contributed by atoms with Crippen LogP contribution in [-0.4, -0.2) is 22.5 Å². The van der Waals surface area contributed by atoms with Gasteiger partial charge in [-0.15, -0.1) is 0 Å². The minimum absolute atomic E-state index is 0. The summed E-state index contributed by atoms with van der Waals surface area (Å²) in [6.45, 7) is 1.85. The van der Waals surface area contributed by atoms with Crippen molar-refractivity contribution in [3.8, 4) is 17.5 Å². The summed E-state index contributed by atoms with van der Waals surface area (Å²) in [5, 5.41) is 8.35. The van der Waals surface area contributed by atoms with Crippen molar-refractivity contribution >= 4 is 31.2 Å². The molecule has 0 N–H and O–H groups in total. The zero-order valence-electron chi connectivity index (χ0n) is 12.6. The second kappa shape index (κ2) is 12.5. The van der Waals surface area contributed by atoms with Crippen LogP contribution < -0.4 is 0 Å². The SMILES string of the molecule is CCOC(=O)C(C#N)=C([S-])[S-].[Pt+2].c1ccc(-c2ccccn2)nc1. The fourth-order valence-electron chi connectivity index (χ4n) is 1.41. The topological polar surface area (TPSA) is 75.9 Å². The predicted octanol–water partition coefficient (Wildman–Crippen LogP) is 2.52. The third-order valence-corrected chi connectivity index (χ3v) is 2.80. The van der Waals surface area contributed by atoms with E-state index in [-0.39, 0.29) is 37.5 Å². The quantitative estimate of drug-likeness (QED) is 0.257. The molecule has 126 valence electrons. The Morgan fingerprint density at radius 3 is 1.92 bits per heavy atom. The molecule has 0 aliphatic carbocycles. The maximum Gasteiger partial charge on any atom is 2.00 e. The van der Waals surface area contributed by atoms with E-state index in [0.29, 0.717) is 0 Å². The number of ether oxygens (including phenoxy) is 1. The van der Waals surface area contributed by atoms with Gasteiger partial charge in [-0.3, -0.25) is 9.97 Å². The molecule has 2 aromatic heterocycles. The molecule has 2 aromatic rings. The summed E-state index contributed by atoms with van der Waals surface area (Å²) in [5.41, 5.74) is 1.56. The summed E-state index contributed by atoms with van der Waals surface area (Å²) < 4.78 is 4.36. The van der Waals surface area contributed by atoms with Crippen LogP contribution in [0.2, 0.25) is 0 Å². The molecule has 0 aliphatic heterocycles. The Bertz CT molecular complexity index is 663. The molecule has 24 heavy (non-hydrogen) atoms. The van der Waals surface area contributed by atoms with Crippen LogP contribution in [0.15, 0.2) is 58.6 Å². The van der Waals surface area contributed by atoms with Crippen LogP contribution in [0.1, 0.15) is 6.92 Å². The Balaban J connectivity index is 0.000000426. The molecule has 0 atom stereocenters. The van der Waals surface area contributed by atoms with E-state index in [1.165, 1.54) is 0 Å². The van der Waals surface area contributed by atoms with Gasteiger partial charge in [-0.25, -0.2) is 4.79 Å². The first kappa shape index (κ1) is 22.1. The number of aromatic nitrogens is 2. The number of hydrogen-bond donors (Lipinski definition) is 0. The summed E-state index contributed by atoms with van der Waals surface area (Å²) in [7, 11) is 0. The molecule has 0 aromatic carbocycles. The van der Waals surface area contributed by atoms with Gasteiger partial charge < -0.3 is 34.2 Å². The third kappa shape index (κ3) is 7.60. The zero-order chi connectivity index (χ0) is 17.1. The average molecular weight is 539 g/mol. The van der Waals surface area contributed by atoms with Gasteiger partial charge in [0.1, 0.15) is 6.07 Å². The molecule has 2 heterocycles. The van der Waals surface area contributed by atoms with Crippen LogP contribution >= 0.6 is 0 Å². The van der Waals surface area contributed by atoms with E-state index in [0.717, 1.165) is 11.4 Å². The van der Waals surface area contributed by atoms with Gasteiger partial charge in [0.2, 0.25) is 0 Å². The Labute approximate surface area is 166 Å². The van der Waals surface area contributed by atoms with Crippen molar-refractivity contribution < 1.29 is 30.6 Å². The van der Waals surface area contributed by atoms with Gasteiger partial charge in [-0.05, 0) is 31.2 Å². The van der Waals surface area contributed by atoms with Crippen LogP contribution in [0.3, 0.4) is 0 Å². The number of nitrogens with zero attached hydrogens (tertiary/aromatic N) is 3. The molecule has 0 spiro atoms. The first-order chi connectivity index (χ1) is 11.1. The fourth-order valence-corrected chi connectivity index (χ4v) is 1.66. The fraction of sp³-hybridized carbons (Fsp3) is 0.125. The molecule has 0 fully saturated rings. The number of carbonyl (C=O) groups excluding carboxylic acids is 1. The van der Waals surface area contributed by atoms with Crippen molar-refractivity contribution in [3.63, 3.8) is 0 Å². The Kier molecular flexibility index (Phi) is 11.6. The van der Waals surface area contributed by atoms with E-state index in [2.05, 4.69) is 40.0 Å². The molecule has 0 bridgehead atoms. The van der Waals surface area contributed by atoms with Crippen molar-refractivity contribution in [1.82, 2.24) is 9.97 Å².